The highest BCUT2D eigenvalue weighted by Crippen LogP contribution is 2.33. The fourth-order valence-corrected chi connectivity index (χ4v) is 3.75. The first kappa shape index (κ1) is 22.1. The molecule has 3 N–H and O–H groups in total. The number of amides is 2. The van der Waals surface area contributed by atoms with Crippen molar-refractivity contribution in [3.8, 4) is 0 Å². The number of carbonyl (C=O) groups is 3. The van der Waals surface area contributed by atoms with E-state index in [1.807, 2.05) is 0 Å². The standard InChI is InChI=1S/C23H20F2N4O4/c1-11(2)33-23(32)15-10-29(22(31)12-5-6-16(24)17(25)8-12)18(20(26)30)9-14-13-4-3-7-27-21(13)28-19(14)15/h3-8,10-11,18H,9H2,1-2H3,(H2,26,30)(H,27,28). The minimum absolute atomic E-state index is 0.0311. The van der Waals surface area contributed by atoms with Crippen molar-refractivity contribution in [2.75, 3.05) is 0 Å². The van der Waals surface area contributed by atoms with Gasteiger partial charge in [0, 0.05) is 29.8 Å². The third-order valence-corrected chi connectivity index (χ3v) is 5.24. The predicted molar refractivity (Wildman–Crippen MR) is 115 cm³/mol. The molecule has 0 saturated carbocycles. The zero-order valence-electron chi connectivity index (χ0n) is 17.8. The number of rotatable bonds is 4. The Labute approximate surface area is 187 Å². The molecule has 2 aromatic heterocycles. The van der Waals surface area contributed by atoms with Gasteiger partial charge in [0.1, 0.15) is 11.7 Å². The van der Waals surface area contributed by atoms with Gasteiger partial charge in [0.15, 0.2) is 11.6 Å². The van der Waals surface area contributed by atoms with E-state index >= 15 is 0 Å². The van der Waals surface area contributed by atoms with Gasteiger partial charge >= 0.3 is 5.97 Å². The van der Waals surface area contributed by atoms with Crippen molar-refractivity contribution in [1.29, 1.82) is 0 Å². The molecule has 33 heavy (non-hydrogen) atoms. The number of aromatic amines is 1. The number of H-pyrrole nitrogens is 1. The molecule has 8 nitrogen and oxygen atoms in total. The van der Waals surface area contributed by atoms with E-state index in [0.717, 1.165) is 29.3 Å². The first-order valence-electron chi connectivity index (χ1n) is 10.1. The number of ether oxygens (including phenoxy) is 1. The van der Waals surface area contributed by atoms with Gasteiger partial charge in [-0.3, -0.25) is 9.59 Å². The Hall–Kier alpha value is -4.08. The van der Waals surface area contributed by atoms with Gasteiger partial charge < -0.3 is 20.4 Å². The molecule has 1 aromatic carbocycles. The number of primary amides is 1. The number of halogens is 2. The van der Waals surface area contributed by atoms with Crippen molar-refractivity contribution >= 4 is 34.4 Å². The van der Waals surface area contributed by atoms with Crippen LogP contribution in [0.15, 0.2) is 42.7 Å². The Balaban J connectivity index is 1.91. The van der Waals surface area contributed by atoms with Crippen LogP contribution in [0.5, 0.6) is 0 Å². The molecule has 0 bridgehead atoms. The number of esters is 1. The molecule has 0 aliphatic carbocycles. The highest BCUT2D eigenvalue weighted by atomic mass is 19.2. The number of nitrogens with two attached hydrogens (primary N) is 1. The van der Waals surface area contributed by atoms with Crippen LogP contribution in [0.25, 0.3) is 16.6 Å². The van der Waals surface area contributed by atoms with Crippen molar-refractivity contribution in [2.45, 2.75) is 32.4 Å². The summed E-state index contributed by atoms with van der Waals surface area (Å²) < 4.78 is 32.5. The maximum Gasteiger partial charge on any atom is 0.342 e. The van der Waals surface area contributed by atoms with E-state index in [-0.39, 0.29) is 17.6 Å². The van der Waals surface area contributed by atoms with Crippen molar-refractivity contribution < 1.29 is 27.9 Å². The molecule has 1 unspecified atom stereocenters. The highest BCUT2D eigenvalue weighted by molar-refractivity contribution is 6.18. The lowest BCUT2D eigenvalue weighted by Gasteiger charge is -2.26. The second-order valence-electron chi connectivity index (χ2n) is 7.84. The molecule has 0 fully saturated rings. The number of hydrogen-bond donors (Lipinski definition) is 2. The van der Waals surface area contributed by atoms with Gasteiger partial charge in [-0.05, 0) is 49.7 Å². The normalized spacial score (nSPS) is 15.7. The summed E-state index contributed by atoms with van der Waals surface area (Å²) in [5.74, 6) is -4.77. The Morgan fingerprint density at radius 3 is 2.64 bits per heavy atom. The molecule has 0 spiro atoms. The number of benzene rings is 1. The van der Waals surface area contributed by atoms with E-state index in [0.29, 0.717) is 22.3 Å². The fourth-order valence-electron chi connectivity index (χ4n) is 3.75. The quantitative estimate of drug-likeness (QED) is 0.588. The monoisotopic (exact) mass is 454 g/mol. The van der Waals surface area contributed by atoms with Gasteiger partial charge in [0.2, 0.25) is 5.91 Å². The predicted octanol–water partition coefficient (Wildman–Crippen LogP) is 2.69. The number of nitrogens with zero attached hydrogens (tertiary/aromatic N) is 2. The van der Waals surface area contributed by atoms with Crippen LogP contribution < -0.4 is 5.73 Å². The Morgan fingerprint density at radius 1 is 1.21 bits per heavy atom. The number of pyridine rings is 1. The van der Waals surface area contributed by atoms with Gasteiger partial charge in [-0.15, -0.1) is 0 Å². The third-order valence-electron chi connectivity index (χ3n) is 5.24. The van der Waals surface area contributed by atoms with Gasteiger partial charge in [0.05, 0.1) is 17.4 Å². The summed E-state index contributed by atoms with van der Waals surface area (Å²) in [6.07, 6.45) is 2.22. The van der Waals surface area contributed by atoms with Crippen molar-refractivity contribution in [1.82, 2.24) is 14.9 Å². The topological polar surface area (TPSA) is 118 Å². The summed E-state index contributed by atoms with van der Waals surface area (Å²) in [6, 6.07) is 4.85. The zero-order valence-corrected chi connectivity index (χ0v) is 17.8. The molecular weight excluding hydrogens is 434 g/mol. The molecule has 4 rings (SSSR count). The second kappa shape index (κ2) is 8.45. The fraction of sp³-hybridized carbons (Fsp3) is 0.217. The molecule has 10 heteroatoms. The van der Waals surface area contributed by atoms with E-state index in [1.165, 1.54) is 0 Å². The molecular formula is C23H20F2N4O4. The number of hydrogen-bond acceptors (Lipinski definition) is 5. The van der Waals surface area contributed by atoms with Gasteiger partial charge in [0.25, 0.3) is 5.91 Å². The van der Waals surface area contributed by atoms with E-state index in [9.17, 15) is 23.2 Å². The average molecular weight is 454 g/mol. The van der Waals surface area contributed by atoms with Crippen molar-refractivity contribution in [3.05, 3.63) is 71.2 Å². The summed E-state index contributed by atoms with van der Waals surface area (Å²) in [7, 11) is 0. The molecule has 3 heterocycles. The molecule has 170 valence electrons. The SMILES string of the molecule is CC(C)OC(=O)C1=CN(C(=O)c2ccc(F)c(F)c2)C(C(N)=O)Cc2c1[nH]c1ncccc21. The maximum atomic E-state index is 13.8. The molecule has 1 atom stereocenters. The van der Waals surface area contributed by atoms with Crippen molar-refractivity contribution in [2.24, 2.45) is 5.73 Å². The first-order valence-corrected chi connectivity index (χ1v) is 10.1. The largest absolute Gasteiger partial charge is 0.459 e. The lowest BCUT2D eigenvalue weighted by atomic mass is 10.0. The van der Waals surface area contributed by atoms with Gasteiger partial charge in [-0.2, -0.15) is 0 Å². The number of nitrogens with one attached hydrogen (secondary N) is 1. The third kappa shape index (κ3) is 4.07. The molecule has 0 radical (unpaired) electrons. The lowest BCUT2D eigenvalue weighted by molar-refractivity contribution is -0.140. The summed E-state index contributed by atoms with van der Waals surface area (Å²) in [4.78, 5) is 46.9. The van der Waals surface area contributed by atoms with Crippen molar-refractivity contribution in [3.63, 3.8) is 0 Å². The summed E-state index contributed by atoms with van der Waals surface area (Å²) in [5, 5.41) is 0.643. The van der Waals surface area contributed by atoms with Crippen LogP contribution in [0.3, 0.4) is 0 Å². The first-order chi connectivity index (χ1) is 15.7. The summed E-state index contributed by atoms with van der Waals surface area (Å²) >= 11 is 0. The molecule has 0 saturated heterocycles. The highest BCUT2D eigenvalue weighted by Gasteiger charge is 2.36. The van der Waals surface area contributed by atoms with Crippen LogP contribution in [-0.2, 0) is 20.7 Å². The van der Waals surface area contributed by atoms with Crippen LogP contribution >= 0.6 is 0 Å². The van der Waals surface area contributed by atoms with Crippen LogP contribution in [0.2, 0.25) is 0 Å². The summed E-state index contributed by atoms with van der Waals surface area (Å²) in [6.45, 7) is 3.33. The number of aromatic nitrogens is 2. The van der Waals surface area contributed by atoms with Gasteiger partial charge in [-0.25, -0.2) is 18.6 Å². The molecule has 3 aromatic rings. The van der Waals surface area contributed by atoms with E-state index < -0.39 is 41.6 Å². The number of fused-ring (bicyclic) bond motifs is 3. The maximum absolute atomic E-state index is 13.8. The van der Waals surface area contributed by atoms with Crippen LogP contribution in [0.1, 0.15) is 35.5 Å². The summed E-state index contributed by atoms with van der Waals surface area (Å²) in [5.41, 5.74) is 6.75. The Kier molecular flexibility index (Phi) is 5.67. The molecule has 2 amide bonds. The van der Waals surface area contributed by atoms with Crippen LogP contribution in [0.4, 0.5) is 8.78 Å². The van der Waals surface area contributed by atoms with E-state index in [2.05, 4.69) is 9.97 Å². The van der Waals surface area contributed by atoms with Crippen LogP contribution in [-0.4, -0.2) is 44.8 Å². The minimum Gasteiger partial charge on any atom is -0.459 e. The van der Waals surface area contributed by atoms with E-state index in [1.54, 1.807) is 32.2 Å². The Morgan fingerprint density at radius 2 is 1.97 bits per heavy atom. The average Bonchev–Trinajstić information content (AvgIpc) is 3.02. The molecule has 1 aliphatic heterocycles. The zero-order chi connectivity index (χ0) is 23.9. The lowest BCUT2D eigenvalue weighted by Crippen LogP contribution is -2.46. The molecule has 1 aliphatic rings. The Bertz CT molecular complexity index is 1320. The number of carbonyl (C=O) groups excluding carboxylic acids is 3. The van der Waals surface area contributed by atoms with Gasteiger partial charge in [-0.1, -0.05) is 0 Å². The smallest absolute Gasteiger partial charge is 0.342 e. The second-order valence-corrected chi connectivity index (χ2v) is 7.84. The van der Waals surface area contributed by atoms with E-state index in [4.69, 9.17) is 10.5 Å². The minimum atomic E-state index is -1.22. The van der Waals surface area contributed by atoms with Crippen LogP contribution in [0, 0.1) is 11.6 Å².